The Morgan fingerprint density at radius 1 is 1.26 bits per heavy atom. The first-order valence-electron chi connectivity index (χ1n) is 12.4. The molecule has 3 aliphatic heterocycles. The molecule has 35 heavy (non-hydrogen) atoms. The highest BCUT2D eigenvalue weighted by Crippen LogP contribution is 2.66. The van der Waals surface area contributed by atoms with Gasteiger partial charge in [0.25, 0.3) is 5.91 Å². The molecule has 6 atom stereocenters. The standard InChI is InChI=1S/C26H35N3O5S/c1-5-14-28(18-10-8-17(9-11-18)27(6-2)7-3)24(32)22-26-13-12-19(35-26)20(25(33)34)21(26)23(31)29(22)16(4)15-30/h5,8-11,16,19-22,30H,1,6-7,12-15H2,2-4H3,(H,33,34)/t16-,19+,20-,21+,22?,26?/m1/s1. The topological polar surface area (TPSA) is 101 Å². The molecule has 9 heteroatoms. The van der Waals surface area contributed by atoms with Crippen LogP contribution in [-0.2, 0) is 14.4 Å². The van der Waals surface area contributed by atoms with Crippen LogP contribution in [0.3, 0.4) is 0 Å². The van der Waals surface area contributed by atoms with E-state index in [9.17, 15) is 24.6 Å². The van der Waals surface area contributed by atoms with Crippen LogP contribution in [0.25, 0.3) is 0 Å². The molecule has 1 aromatic rings. The van der Waals surface area contributed by atoms with Crippen LogP contribution < -0.4 is 9.80 Å². The highest BCUT2D eigenvalue weighted by Gasteiger charge is 2.74. The smallest absolute Gasteiger partial charge is 0.308 e. The fourth-order valence-corrected chi connectivity index (χ4v) is 8.44. The number of likely N-dealkylation sites (tertiary alicyclic amines) is 1. The molecular formula is C26H35N3O5S. The van der Waals surface area contributed by atoms with Crippen LogP contribution in [0.1, 0.15) is 33.6 Å². The molecule has 1 spiro atoms. The summed E-state index contributed by atoms with van der Waals surface area (Å²) in [5, 5.41) is 19.7. The van der Waals surface area contributed by atoms with E-state index in [2.05, 4.69) is 25.3 Å². The molecule has 3 saturated heterocycles. The molecule has 1 aromatic carbocycles. The van der Waals surface area contributed by atoms with Crippen LogP contribution in [0.2, 0.25) is 0 Å². The van der Waals surface area contributed by atoms with E-state index in [1.807, 2.05) is 24.3 Å². The monoisotopic (exact) mass is 501 g/mol. The first-order chi connectivity index (χ1) is 16.7. The van der Waals surface area contributed by atoms with Crippen molar-refractivity contribution >= 4 is 40.9 Å². The molecule has 3 fully saturated rings. The number of aliphatic hydroxyl groups is 1. The van der Waals surface area contributed by atoms with E-state index in [-0.39, 0.29) is 30.2 Å². The van der Waals surface area contributed by atoms with Crippen molar-refractivity contribution in [2.75, 3.05) is 36.0 Å². The summed E-state index contributed by atoms with van der Waals surface area (Å²) in [6.07, 6.45) is 2.92. The van der Waals surface area contributed by atoms with Crippen LogP contribution in [0.5, 0.6) is 0 Å². The van der Waals surface area contributed by atoms with Gasteiger partial charge in [0.1, 0.15) is 6.04 Å². The summed E-state index contributed by atoms with van der Waals surface area (Å²) in [4.78, 5) is 45.4. The predicted octanol–water partition coefficient (Wildman–Crippen LogP) is 2.61. The van der Waals surface area contributed by atoms with Crippen LogP contribution in [0.4, 0.5) is 11.4 Å². The molecule has 0 radical (unpaired) electrons. The minimum atomic E-state index is -0.984. The number of amides is 2. The summed E-state index contributed by atoms with van der Waals surface area (Å²) in [6, 6.07) is 6.33. The lowest BCUT2D eigenvalue weighted by atomic mass is 9.71. The van der Waals surface area contributed by atoms with Crippen molar-refractivity contribution < 1.29 is 24.6 Å². The summed E-state index contributed by atoms with van der Waals surface area (Å²) < 4.78 is -0.800. The number of carbonyl (C=O) groups is 3. The van der Waals surface area contributed by atoms with Gasteiger partial charge in [-0.2, -0.15) is 0 Å². The number of carbonyl (C=O) groups excluding carboxylic acids is 2. The first-order valence-corrected chi connectivity index (χ1v) is 13.2. The molecule has 2 N–H and O–H groups in total. The van der Waals surface area contributed by atoms with Crippen LogP contribution in [0.15, 0.2) is 36.9 Å². The Hall–Kier alpha value is -2.52. The summed E-state index contributed by atoms with van der Waals surface area (Å²) in [7, 11) is 0. The second kappa shape index (κ2) is 9.85. The number of nitrogens with zero attached hydrogens (tertiary/aromatic N) is 3. The molecule has 0 aromatic heterocycles. The Labute approximate surface area is 210 Å². The van der Waals surface area contributed by atoms with Crippen molar-refractivity contribution in [1.82, 2.24) is 4.90 Å². The minimum Gasteiger partial charge on any atom is -0.481 e. The highest BCUT2D eigenvalue weighted by molar-refractivity contribution is 8.02. The van der Waals surface area contributed by atoms with Crippen molar-refractivity contribution in [1.29, 1.82) is 0 Å². The minimum absolute atomic E-state index is 0.176. The van der Waals surface area contributed by atoms with Gasteiger partial charge in [-0.25, -0.2) is 0 Å². The number of fused-ring (bicyclic) bond motifs is 1. The molecule has 8 nitrogen and oxygen atoms in total. The normalized spacial score (nSPS) is 29.7. The number of rotatable bonds is 10. The van der Waals surface area contributed by atoms with Crippen molar-refractivity contribution in [3.05, 3.63) is 36.9 Å². The second-order valence-corrected chi connectivity index (χ2v) is 11.2. The molecule has 2 bridgehead atoms. The number of carboxylic acid groups (broad SMARTS) is 1. The maximum Gasteiger partial charge on any atom is 0.308 e. The fourth-order valence-electron chi connectivity index (χ4n) is 6.25. The number of benzene rings is 1. The molecule has 3 aliphatic rings. The molecule has 2 amide bonds. The van der Waals surface area contributed by atoms with Gasteiger partial charge in [0.15, 0.2) is 0 Å². The summed E-state index contributed by atoms with van der Waals surface area (Å²) in [5.74, 6) is -3.14. The molecule has 0 saturated carbocycles. The molecule has 2 unspecified atom stereocenters. The third kappa shape index (κ3) is 3.93. The Bertz CT molecular complexity index is 997. The van der Waals surface area contributed by atoms with E-state index in [1.54, 1.807) is 17.9 Å². The second-order valence-electron chi connectivity index (χ2n) is 9.60. The predicted molar refractivity (Wildman–Crippen MR) is 138 cm³/mol. The van der Waals surface area contributed by atoms with Crippen LogP contribution >= 0.6 is 11.8 Å². The Morgan fingerprint density at radius 3 is 2.43 bits per heavy atom. The number of hydrogen-bond acceptors (Lipinski definition) is 6. The molecule has 0 aliphatic carbocycles. The van der Waals surface area contributed by atoms with E-state index < -0.39 is 34.6 Å². The quantitative estimate of drug-likeness (QED) is 0.475. The molecule has 4 rings (SSSR count). The van der Waals surface area contributed by atoms with E-state index in [1.165, 1.54) is 16.7 Å². The van der Waals surface area contributed by atoms with E-state index in [0.29, 0.717) is 18.5 Å². The molecule has 190 valence electrons. The average molecular weight is 502 g/mol. The van der Waals surface area contributed by atoms with Gasteiger partial charge in [0.2, 0.25) is 5.91 Å². The maximum absolute atomic E-state index is 14.3. The lowest BCUT2D eigenvalue weighted by Crippen LogP contribution is -2.57. The molecule has 3 heterocycles. The van der Waals surface area contributed by atoms with E-state index >= 15 is 0 Å². The van der Waals surface area contributed by atoms with Crippen molar-refractivity contribution in [2.45, 2.75) is 55.7 Å². The number of aliphatic hydroxyl groups excluding tert-OH is 1. The zero-order chi connectivity index (χ0) is 25.5. The number of aliphatic carboxylic acids is 1. The third-order valence-electron chi connectivity index (χ3n) is 7.86. The fraction of sp³-hybridized carbons (Fsp3) is 0.577. The van der Waals surface area contributed by atoms with Gasteiger partial charge >= 0.3 is 5.97 Å². The van der Waals surface area contributed by atoms with Crippen molar-refractivity contribution in [2.24, 2.45) is 11.8 Å². The van der Waals surface area contributed by atoms with Gasteiger partial charge in [-0.1, -0.05) is 6.08 Å². The average Bonchev–Trinajstić information content (AvgIpc) is 3.50. The Morgan fingerprint density at radius 2 is 1.89 bits per heavy atom. The van der Waals surface area contributed by atoms with Crippen molar-refractivity contribution in [3.8, 4) is 0 Å². The third-order valence-corrected chi connectivity index (χ3v) is 9.82. The van der Waals surface area contributed by atoms with Gasteiger partial charge in [-0.05, 0) is 57.9 Å². The van der Waals surface area contributed by atoms with Crippen LogP contribution in [-0.4, -0.2) is 81.2 Å². The van der Waals surface area contributed by atoms with Gasteiger partial charge in [0, 0.05) is 36.3 Å². The summed E-state index contributed by atoms with van der Waals surface area (Å²) in [6.45, 7) is 11.4. The first kappa shape index (κ1) is 25.6. The lowest BCUT2D eigenvalue weighted by molar-refractivity contribution is -0.149. The number of anilines is 2. The summed E-state index contributed by atoms with van der Waals surface area (Å²) >= 11 is 1.50. The van der Waals surface area contributed by atoms with Crippen LogP contribution in [0, 0.1) is 11.8 Å². The zero-order valence-corrected chi connectivity index (χ0v) is 21.4. The summed E-state index contributed by atoms with van der Waals surface area (Å²) in [5.41, 5.74) is 1.76. The van der Waals surface area contributed by atoms with Gasteiger partial charge in [0.05, 0.1) is 29.2 Å². The van der Waals surface area contributed by atoms with Crippen molar-refractivity contribution in [3.63, 3.8) is 0 Å². The number of carboxylic acids is 1. The maximum atomic E-state index is 14.3. The Kier molecular flexibility index (Phi) is 7.20. The van der Waals surface area contributed by atoms with E-state index in [4.69, 9.17) is 0 Å². The number of hydrogen-bond donors (Lipinski definition) is 2. The van der Waals surface area contributed by atoms with Gasteiger partial charge in [-0.3, -0.25) is 14.4 Å². The lowest BCUT2D eigenvalue weighted by Gasteiger charge is -2.38. The highest BCUT2D eigenvalue weighted by atomic mass is 32.2. The van der Waals surface area contributed by atoms with Gasteiger partial charge < -0.3 is 24.9 Å². The SMILES string of the molecule is C=CCN(C(=O)C1N([C@H](C)CO)C(=O)[C@@H]2[C@H](C(=O)O)[C@@H]3CCC12S3)c1ccc(N(CC)CC)cc1. The number of thioether (sulfide) groups is 1. The largest absolute Gasteiger partial charge is 0.481 e. The molecular weight excluding hydrogens is 466 g/mol. The zero-order valence-electron chi connectivity index (χ0n) is 20.6. The van der Waals surface area contributed by atoms with Gasteiger partial charge in [-0.15, -0.1) is 18.3 Å². The van der Waals surface area contributed by atoms with E-state index in [0.717, 1.165) is 18.8 Å². The Balaban J connectivity index is 1.75.